The third kappa shape index (κ3) is 5.40. The SMILES string of the molecule is CN=C(NCc1nc(C(C)C)cs1)NCc1nccn1Cc1ccccc1. The molecule has 0 bridgehead atoms. The summed E-state index contributed by atoms with van der Waals surface area (Å²) in [6.07, 6.45) is 3.84. The Balaban J connectivity index is 1.53. The molecule has 3 aromatic rings. The van der Waals surface area contributed by atoms with Crippen LogP contribution in [0.2, 0.25) is 0 Å². The van der Waals surface area contributed by atoms with Gasteiger partial charge >= 0.3 is 0 Å². The summed E-state index contributed by atoms with van der Waals surface area (Å²) in [5.41, 5.74) is 2.40. The zero-order chi connectivity index (χ0) is 19.1. The van der Waals surface area contributed by atoms with Gasteiger partial charge in [0.25, 0.3) is 0 Å². The van der Waals surface area contributed by atoms with Crippen LogP contribution in [0.1, 0.15) is 41.9 Å². The lowest BCUT2D eigenvalue weighted by atomic mass is 10.2. The third-order valence-electron chi connectivity index (χ3n) is 4.20. The van der Waals surface area contributed by atoms with Gasteiger partial charge in [0.15, 0.2) is 5.96 Å². The quantitative estimate of drug-likeness (QED) is 0.486. The molecule has 142 valence electrons. The number of rotatable bonds is 7. The molecule has 0 fully saturated rings. The lowest BCUT2D eigenvalue weighted by molar-refractivity contribution is 0.687. The van der Waals surface area contributed by atoms with Crippen molar-refractivity contribution < 1.29 is 0 Å². The highest BCUT2D eigenvalue weighted by molar-refractivity contribution is 7.09. The Morgan fingerprint density at radius 1 is 1.19 bits per heavy atom. The number of hydrogen-bond donors (Lipinski definition) is 2. The Morgan fingerprint density at radius 3 is 2.67 bits per heavy atom. The standard InChI is InChI=1S/C20H26N6S/c1-15(2)17-14-27-19(25-17)12-24-20(21-3)23-11-18-22-9-10-26(18)13-16-7-5-4-6-8-16/h4-10,14-15H,11-13H2,1-3H3,(H2,21,23,24). The van der Waals surface area contributed by atoms with E-state index in [1.54, 1.807) is 18.4 Å². The van der Waals surface area contributed by atoms with Crippen LogP contribution in [0.4, 0.5) is 0 Å². The lowest BCUT2D eigenvalue weighted by Crippen LogP contribution is -2.37. The minimum Gasteiger partial charge on any atom is -0.350 e. The molecule has 2 N–H and O–H groups in total. The van der Waals surface area contributed by atoms with Gasteiger partial charge in [-0.1, -0.05) is 44.2 Å². The van der Waals surface area contributed by atoms with E-state index >= 15 is 0 Å². The zero-order valence-electron chi connectivity index (χ0n) is 16.0. The second-order valence-corrected chi connectivity index (χ2v) is 7.50. The molecule has 0 aliphatic heterocycles. The summed E-state index contributed by atoms with van der Waals surface area (Å²) in [6.45, 7) is 6.39. The van der Waals surface area contributed by atoms with Gasteiger partial charge in [-0.15, -0.1) is 11.3 Å². The summed E-state index contributed by atoms with van der Waals surface area (Å²) >= 11 is 1.68. The number of aliphatic imine (C=N–C) groups is 1. The fraction of sp³-hybridized carbons (Fsp3) is 0.350. The third-order valence-corrected chi connectivity index (χ3v) is 5.07. The van der Waals surface area contributed by atoms with Crippen molar-refractivity contribution in [3.8, 4) is 0 Å². The van der Waals surface area contributed by atoms with E-state index in [0.717, 1.165) is 29.0 Å². The lowest BCUT2D eigenvalue weighted by Gasteiger charge is -2.12. The van der Waals surface area contributed by atoms with E-state index in [0.29, 0.717) is 19.0 Å². The summed E-state index contributed by atoms with van der Waals surface area (Å²) in [4.78, 5) is 13.4. The largest absolute Gasteiger partial charge is 0.350 e. The molecule has 0 unspecified atom stereocenters. The van der Waals surface area contributed by atoms with Gasteiger partial charge in [0.2, 0.25) is 0 Å². The summed E-state index contributed by atoms with van der Waals surface area (Å²) in [6, 6.07) is 10.4. The molecule has 27 heavy (non-hydrogen) atoms. The van der Waals surface area contributed by atoms with Crippen LogP contribution in [-0.4, -0.2) is 27.5 Å². The smallest absolute Gasteiger partial charge is 0.191 e. The molecule has 0 radical (unpaired) electrons. The van der Waals surface area contributed by atoms with Gasteiger partial charge in [0.1, 0.15) is 10.8 Å². The number of aromatic nitrogens is 3. The summed E-state index contributed by atoms with van der Waals surface area (Å²) in [5, 5.41) is 9.84. The Kier molecular flexibility index (Phi) is 6.59. The van der Waals surface area contributed by atoms with Gasteiger partial charge in [0, 0.05) is 31.4 Å². The molecule has 0 amide bonds. The molecule has 0 aliphatic carbocycles. The van der Waals surface area contributed by atoms with Crippen LogP contribution in [0.3, 0.4) is 0 Å². The van der Waals surface area contributed by atoms with Crippen LogP contribution in [0.25, 0.3) is 0 Å². The monoisotopic (exact) mass is 382 g/mol. The van der Waals surface area contributed by atoms with Gasteiger partial charge in [0.05, 0.1) is 18.8 Å². The van der Waals surface area contributed by atoms with E-state index in [1.165, 1.54) is 5.56 Å². The number of hydrogen-bond acceptors (Lipinski definition) is 4. The minimum atomic E-state index is 0.455. The Morgan fingerprint density at radius 2 is 1.96 bits per heavy atom. The Bertz CT molecular complexity index is 865. The molecule has 2 aromatic heterocycles. The molecular formula is C20H26N6S. The second-order valence-electron chi connectivity index (χ2n) is 6.56. The molecule has 6 nitrogen and oxygen atoms in total. The normalized spacial score (nSPS) is 11.8. The highest BCUT2D eigenvalue weighted by atomic mass is 32.1. The Labute approximate surface area is 164 Å². The predicted octanol–water partition coefficient (Wildman–Crippen LogP) is 3.38. The first-order valence-electron chi connectivity index (χ1n) is 9.08. The van der Waals surface area contributed by atoms with Crippen molar-refractivity contribution in [1.82, 2.24) is 25.2 Å². The van der Waals surface area contributed by atoms with Crippen LogP contribution in [0.5, 0.6) is 0 Å². The molecule has 0 aliphatic rings. The topological polar surface area (TPSA) is 67.1 Å². The van der Waals surface area contributed by atoms with Crippen molar-refractivity contribution >= 4 is 17.3 Å². The highest BCUT2D eigenvalue weighted by Crippen LogP contribution is 2.17. The van der Waals surface area contributed by atoms with Gasteiger partial charge in [-0.2, -0.15) is 0 Å². The average molecular weight is 383 g/mol. The van der Waals surface area contributed by atoms with Crippen LogP contribution in [0.15, 0.2) is 53.1 Å². The van der Waals surface area contributed by atoms with Gasteiger partial charge in [-0.05, 0) is 11.5 Å². The maximum Gasteiger partial charge on any atom is 0.191 e. The van der Waals surface area contributed by atoms with E-state index in [4.69, 9.17) is 0 Å². The first-order valence-corrected chi connectivity index (χ1v) is 9.96. The van der Waals surface area contributed by atoms with Crippen molar-refractivity contribution in [1.29, 1.82) is 0 Å². The van der Waals surface area contributed by atoms with Crippen LogP contribution in [-0.2, 0) is 19.6 Å². The van der Waals surface area contributed by atoms with E-state index < -0.39 is 0 Å². The average Bonchev–Trinajstić information content (AvgIpc) is 3.32. The number of nitrogens with one attached hydrogen (secondary N) is 2. The maximum atomic E-state index is 4.64. The van der Waals surface area contributed by atoms with Crippen molar-refractivity contribution in [2.75, 3.05) is 7.05 Å². The van der Waals surface area contributed by atoms with Crippen molar-refractivity contribution in [3.05, 3.63) is 70.2 Å². The molecular weight excluding hydrogens is 356 g/mol. The molecule has 0 saturated carbocycles. The van der Waals surface area contributed by atoms with Crippen molar-refractivity contribution in [2.45, 2.75) is 39.4 Å². The molecule has 7 heteroatoms. The minimum absolute atomic E-state index is 0.455. The molecule has 3 rings (SSSR count). The molecule has 0 spiro atoms. The van der Waals surface area contributed by atoms with Gasteiger partial charge < -0.3 is 15.2 Å². The van der Waals surface area contributed by atoms with Crippen molar-refractivity contribution in [2.24, 2.45) is 4.99 Å². The summed E-state index contributed by atoms with van der Waals surface area (Å²) < 4.78 is 2.14. The molecule has 0 atom stereocenters. The van der Waals surface area contributed by atoms with E-state index in [2.05, 4.69) is 73.7 Å². The molecule has 1 aromatic carbocycles. The number of benzene rings is 1. The fourth-order valence-electron chi connectivity index (χ4n) is 2.65. The maximum absolute atomic E-state index is 4.64. The first-order chi connectivity index (χ1) is 13.2. The van der Waals surface area contributed by atoms with E-state index in [-0.39, 0.29) is 0 Å². The summed E-state index contributed by atoms with van der Waals surface area (Å²) in [7, 11) is 1.77. The fourth-order valence-corrected chi connectivity index (χ4v) is 3.54. The van der Waals surface area contributed by atoms with Crippen LogP contribution < -0.4 is 10.6 Å². The van der Waals surface area contributed by atoms with Gasteiger partial charge in [-0.25, -0.2) is 9.97 Å². The van der Waals surface area contributed by atoms with Crippen LogP contribution >= 0.6 is 11.3 Å². The second kappa shape index (κ2) is 9.32. The molecule has 0 saturated heterocycles. The number of thiazole rings is 1. The highest BCUT2D eigenvalue weighted by Gasteiger charge is 2.08. The number of nitrogens with zero attached hydrogens (tertiary/aromatic N) is 4. The first kappa shape index (κ1) is 19.1. The summed E-state index contributed by atoms with van der Waals surface area (Å²) in [5.74, 6) is 2.17. The number of imidazole rings is 1. The van der Waals surface area contributed by atoms with Gasteiger partial charge in [-0.3, -0.25) is 4.99 Å². The van der Waals surface area contributed by atoms with E-state index in [9.17, 15) is 0 Å². The molecule has 2 heterocycles. The van der Waals surface area contributed by atoms with Crippen LogP contribution in [0, 0.1) is 0 Å². The number of guanidine groups is 1. The van der Waals surface area contributed by atoms with Crippen molar-refractivity contribution in [3.63, 3.8) is 0 Å². The zero-order valence-corrected chi connectivity index (χ0v) is 16.8. The Hall–Kier alpha value is -2.67. The predicted molar refractivity (Wildman–Crippen MR) is 111 cm³/mol. The van der Waals surface area contributed by atoms with E-state index in [1.807, 2.05) is 18.5 Å².